The lowest BCUT2D eigenvalue weighted by atomic mass is 9.93. The first kappa shape index (κ1) is 19.9. The Morgan fingerprint density at radius 3 is 2.75 bits per heavy atom. The van der Waals surface area contributed by atoms with Crippen molar-refractivity contribution in [1.29, 1.82) is 0 Å². The maximum atomic E-state index is 12.1. The number of aromatic nitrogens is 2. The smallest absolute Gasteiger partial charge is 0.288 e. The molecule has 1 amide bonds. The number of nitrogens with zero attached hydrogens (tertiary/aromatic N) is 2. The highest BCUT2D eigenvalue weighted by atomic mass is 16.3. The summed E-state index contributed by atoms with van der Waals surface area (Å²) in [7, 11) is 1.89. The Hall–Kier alpha value is -2.83. The highest BCUT2D eigenvalue weighted by Crippen LogP contribution is 2.29. The standard InChI is InChI=1S/C21H29N5O2/c1-21(2,3)12-24-17-10-9-16(26-19(17)22-4)14-5-7-15(8-6-14)25-20(27)18-11-23-13-28-18/h5,9-11,13,15,24H,6-8,12H2,1-4H3,(H,22,26)(H,25,27). The van der Waals surface area contributed by atoms with E-state index in [1.807, 2.05) is 7.05 Å². The summed E-state index contributed by atoms with van der Waals surface area (Å²) in [5.41, 5.74) is 3.39. The van der Waals surface area contributed by atoms with Crippen molar-refractivity contribution >= 4 is 23.0 Å². The van der Waals surface area contributed by atoms with Gasteiger partial charge in [0, 0.05) is 19.6 Å². The van der Waals surface area contributed by atoms with Gasteiger partial charge in [-0.2, -0.15) is 0 Å². The summed E-state index contributed by atoms with van der Waals surface area (Å²) in [6.45, 7) is 7.47. The average molecular weight is 383 g/mol. The van der Waals surface area contributed by atoms with E-state index in [1.54, 1.807) is 0 Å². The summed E-state index contributed by atoms with van der Waals surface area (Å²) in [5, 5.41) is 9.65. The van der Waals surface area contributed by atoms with Gasteiger partial charge in [-0.3, -0.25) is 4.79 Å². The Labute approximate surface area is 166 Å². The van der Waals surface area contributed by atoms with Crippen molar-refractivity contribution < 1.29 is 9.21 Å². The van der Waals surface area contributed by atoms with E-state index in [0.717, 1.165) is 43.0 Å². The topological polar surface area (TPSA) is 92.1 Å². The van der Waals surface area contributed by atoms with E-state index in [2.05, 4.69) is 59.9 Å². The van der Waals surface area contributed by atoms with Crippen molar-refractivity contribution in [2.75, 3.05) is 24.2 Å². The van der Waals surface area contributed by atoms with E-state index in [0.29, 0.717) is 0 Å². The van der Waals surface area contributed by atoms with Crippen LogP contribution in [0.25, 0.3) is 5.57 Å². The third-order valence-corrected chi connectivity index (χ3v) is 4.67. The fourth-order valence-corrected chi connectivity index (χ4v) is 3.11. The van der Waals surface area contributed by atoms with E-state index >= 15 is 0 Å². The fraction of sp³-hybridized carbons (Fsp3) is 0.476. The van der Waals surface area contributed by atoms with Crippen molar-refractivity contribution in [2.24, 2.45) is 5.41 Å². The molecule has 3 rings (SSSR count). The predicted molar refractivity (Wildman–Crippen MR) is 111 cm³/mol. The van der Waals surface area contributed by atoms with Crippen LogP contribution in [0.1, 0.15) is 56.3 Å². The molecular formula is C21H29N5O2. The summed E-state index contributed by atoms with van der Waals surface area (Å²) in [6, 6.07) is 4.24. The maximum absolute atomic E-state index is 12.1. The second-order valence-corrected chi connectivity index (χ2v) is 8.30. The third kappa shape index (κ3) is 5.12. The zero-order valence-corrected chi connectivity index (χ0v) is 17.0. The highest BCUT2D eigenvalue weighted by Gasteiger charge is 2.20. The van der Waals surface area contributed by atoms with Gasteiger partial charge in [-0.1, -0.05) is 26.8 Å². The number of pyridine rings is 1. The summed E-state index contributed by atoms with van der Waals surface area (Å²) >= 11 is 0. The van der Waals surface area contributed by atoms with Crippen LogP contribution in [0.2, 0.25) is 0 Å². The summed E-state index contributed by atoms with van der Waals surface area (Å²) < 4.78 is 5.04. The summed E-state index contributed by atoms with van der Waals surface area (Å²) in [4.78, 5) is 20.7. The van der Waals surface area contributed by atoms with Gasteiger partial charge in [0.15, 0.2) is 6.39 Å². The van der Waals surface area contributed by atoms with Crippen LogP contribution in [-0.4, -0.2) is 35.5 Å². The van der Waals surface area contributed by atoms with E-state index in [9.17, 15) is 4.79 Å². The minimum Gasteiger partial charge on any atom is -0.438 e. The molecule has 0 spiro atoms. The second kappa shape index (κ2) is 8.46. The quantitative estimate of drug-likeness (QED) is 0.700. The van der Waals surface area contributed by atoms with Crippen LogP contribution in [0.3, 0.4) is 0 Å². The van der Waals surface area contributed by atoms with Crippen LogP contribution in [0.15, 0.2) is 35.2 Å². The Bertz CT molecular complexity index is 837. The Morgan fingerprint density at radius 1 is 1.32 bits per heavy atom. The monoisotopic (exact) mass is 383 g/mol. The lowest BCUT2D eigenvalue weighted by Crippen LogP contribution is -2.35. The van der Waals surface area contributed by atoms with Gasteiger partial charge in [0.1, 0.15) is 5.82 Å². The number of anilines is 2. The van der Waals surface area contributed by atoms with E-state index < -0.39 is 0 Å². The van der Waals surface area contributed by atoms with E-state index in [1.165, 1.54) is 18.2 Å². The molecule has 28 heavy (non-hydrogen) atoms. The SMILES string of the molecule is CNc1nc(C2=CCC(NC(=O)c3cnco3)CC2)ccc1NCC(C)(C)C. The fourth-order valence-electron chi connectivity index (χ4n) is 3.11. The predicted octanol–water partition coefficient (Wildman–Crippen LogP) is 3.94. The largest absolute Gasteiger partial charge is 0.438 e. The Balaban J connectivity index is 1.64. The maximum Gasteiger partial charge on any atom is 0.288 e. The molecule has 2 aromatic heterocycles. The molecule has 1 aliphatic rings. The van der Waals surface area contributed by atoms with Gasteiger partial charge in [-0.05, 0) is 42.4 Å². The van der Waals surface area contributed by atoms with Gasteiger partial charge < -0.3 is 20.4 Å². The number of hydrogen-bond acceptors (Lipinski definition) is 6. The molecule has 0 aliphatic heterocycles. The van der Waals surface area contributed by atoms with Gasteiger partial charge in [0.2, 0.25) is 5.76 Å². The molecule has 1 aliphatic carbocycles. The normalized spacial score (nSPS) is 17.0. The molecule has 2 aromatic rings. The second-order valence-electron chi connectivity index (χ2n) is 8.30. The zero-order valence-electron chi connectivity index (χ0n) is 17.0. The van der Waals surface area contributed by atoms with Crippen molar-refractivity contribution in [3.63, 3.8) is 0 Å². The molecule has 2 heterocycles. The Kier molecular flexibility index (Phi) is 6.02. The third-order valence-electron chi connectivity index (χ3n) is 4.67. The first-order valence-electron chi connectivity index (χ1n) is 9.67. The van der Waals surface area contributed by atoms with Gasteiger partial charge in [0.05, 0.1) is 17.6 Å². The number of nitrogens with one attached hydrogen (secondary N) is 3. The number of amides is 1. The molecule has 0 aromatic carbocycles. The molecule has 0 saturated heterocycles. The van der Waals surface area contributed by atoms with Crippen LogP contribution in [0, 0.1) is 5.41 Å². The minimum absolute atomic E-state index is 0.0952. The zero-order chi connectivity index (χ0) is 20.1. The van der Waals surface area contributed by atoms with Gasteiger partial charge in [-0.25, -0.2) is 9.97 Å². The van der Waals surface area contributed by atoms with E-state index in [-0.39, 0.29) is 23.1 Å². The van der Waals surface area contributed by atoms with Crippen LogP contribution >= 0.6 is 0 Å². The molecule has 0 fully saturated rings. The number of carbonyl (C=O) groups is 1. The van der Waals surface area contributed by atoms with Crippen molar-refractivity contribution in [2.45, 2.75) is 46.1 Å². The molecule has 1 unspecified atom stereocenters. The average Bonchev–Trinajstić information content (AvgIpc) is 3.21. The number of hydrogen-bond donors (Lipinski definition) is 3. The van der Waals surface area contributed by atoms with E-state index in [4.69, 9.17) is 9.40 Å². The molecule has 0 radical (unpaired) electrons. The van der Waals surface area contributed by atoms with Crippen molar-refractivity contribution in [3.8, 4) is 0 Å². The van der Waals surface area contributed by atoms with Crippen molar-refractivity contribution in [3.05, 3.63) is 42.3 Å². The van der Waals surface area contributed by atoms with Crippen LogP contribution in [0.4, 0.5) is 11.5 Å². The highest BCUT2D eigenvalue weighted by molar-refractivity contribution is 5.91. The minimum atomic E-state index is -0.218. The van der Waals surface area contributed by atoms with Crippen LogP contribution in [-0.2, 0) is 0 Å². The first-order chi connectivity index (χ1) is 13.4. The molecule has 7 nitrogen and oxygen atoms in total. The van der Waals surface area contributed by atoms with Gasteiger partial charge in [-0.15, -0.1) is 0 Å². The molecule has 7 heteroatoms. The molecule has 0 saturated carbocycles. The van der Waals surface area contributed by atoms with Crippen LogP contribution < -0.4 is 16.0 Å². The molecule has 0 bridgehead atoms. The number of oxazole rings is 1. The number of rotatable bonds is 6. The summed E-state index contributed by atoms with van der Waals surface area (Å²) in [5.74, 6) is 0.876. The van der Waals surface area contributed by atoms with Crippen LogP contribution in [0.5, 0.6) is 0 Å². The van der Waals surface area contributed by atoms with Crippen molar-refractivity contribution in [1.82, 2.24) is 15.3 Å². The molecule has 3 N–H and O–H groups in total. The number of carbonyl (C=O) groups excluding carboxylic acids is 1. The number of allylic oxidation sites excluding steroid dienone is 1. The Morgan fingerprint density at radius 2 is 2.14 bits per heavy atom. The molecular weight excluding hydrogens is 354 g/mol. The molecule has 150 valence electrons. The van der Waals surface area contributed by atoms with Gasteiger partial charge >= 0.3 is 0 Å². The lowest BCUT2D eigenvalue weighted by Gasteiger charge is -2.23. The first-order valence-corrected chi connectivity index (χ1v) is 9.67. The van der Waals surface area contributed by atoms with Gasteiger partial charge in [0.25, 0.3) is 5.91 Å². The summed E-state index contributed by atoms with van der Waals surface area (Å²) in [6.07, 6.45) is 7.37. The molecule has 1 atom stereocenters. The lowest BCUT2D eigenvalue weighted by molar-refractivity contribution is 0.0907.